The third kappa shape index (κ3) is 8.28. The number of carbonyl (C=O) groups is 5. The number of thioether (sulfide) groups is 1. The number of nitrogens with zero attached hydrogens (tertiary/aromatic N) is 1. The molecule has 4 amide bonds. The minimum atomic E-state index is -1.19. The molecule has 3 unspecified atom stereocenters. The van der Waals surface area contributed by atoms with Crippen LogP contribution in [0.3, 0.4) is 0 Å². The summed E-state index contributed by atoms with van der Waals surface area (Å²) >= 11 is 1.53. The van der Waals surface area contributed by atoms with Gasteiger partial charge in [-0.15, -0.1) is 0 Å². The van der Waals surface area contributed by atoms with Crippen molar-refractivity contribution in [2.75, 3.05) is 25.1 Å². The lowest BCUT2D eigenvalue weighted by atomic mass is 10.1. The average Bonchev–Trinajstić information content (AvgIpc) is 3.16. The smallest absolute Gasteiger partial charge is 0.322 e. The number of aliphatic carboxylic acids is 1. The molecule has 1 aliphatic heterocycles. The maximum Gasteiger partial charge on any atom is 0.322 e. The maximum atomic E-state index is 13.0. The normalized spacial score (nSPS) is 18.0. The Morgan fingerprint density at radius 2 is 1.93 bits per heavy atom. The number of carboxylic acids is 1. The Labute approximate surface area is 173 Å². The zero-order valence-electron chi connectivity index (χ0n) is 16.4. The molecule has 0 aliphatic carbocycles. The molecular formula is C17H29N5O6S. The van der Waals surface area contributed by atoms with E-state index in [1.54, 1.807) is 0 Å². The van der Waals surface area contributed by atoms with Crippen LogP contribution in [0.25, 0.3) is 0 Å². The van der Waals surface area contributed by atoms with Crippen molar-refractivity contribution in [1.29, 1.82) is 0 Å². The molecule has 1 fully saturated rings. The van der Waals surface area contributed by atoms with Crippen molar-refractivity contribution in [2.24, 2.45) is 11.5 Å². The summed E-state index contributed by atoms with van der Waals surface area (Å²) in [5.41, 5.74) is 11.0. The van der Waals surface area contributed by atoms with Gasteiger partial charge in [0, 0.05) is 13.0 Å². The van der Waals surface area contributed by atoms with Crippen molar-refractivity contribution in [3.05, 3.63) is 0 Å². The van der Waals surface area contributed by atoms with Crippen LogP contribution in [-0.2, 0) is 24.0 Å². The number of carbonyl (C=O) groups excluding carboxylic acids is 4. The van der Waals surface area contributed by atoms with Gasteiger partial charge in [-0.05, 0) is 37.7 Å². The number of primary amides is 1. The number of nitrogens with one attached hydrogen (secondary N) is 2. The van der Waals surface area contributed by atoms with E-state index in [1.165, 1.54) is 16.7 Å². The van der Waals surface area contributed by atoms with E-state index in [0.717, 1.165) is 0 Å². The van der Waals surface area contributed by atoms with Crippen molar-refractivity contribution in [2.45, 2.75) is 50.2 Å². The minimum Gasteiger partial charge on any atom is -0.480 e. The molecule has 29 heavy (non-hydrogen) atoms. The highest BCUT2D eigenvalue weighted by atomic mass is 32.2. The van der Waals surface area contributed by atoms with Crippen molar-refractivity contribution in [1.82, 2.24) is 15.5 Å². The van der Waals surface area contributed by atoms with Gasteiger partial charge in [0.15, 0.2) is 0 Å². The fraction of sp³-hybridized carbons (Fsp3) is 0.706. The van der Waals surface area contributed by atoms with Gasteiger partial charge in [-0.25, -0.2) is 0 Å². The molecule has 12 heteroatoms. The highest BCUT2D eigenvalue weighted by Gasteiger charge is 2.38. The van der Waals surface area contributed by atoms with E-state index in [9.17, 15) is 24.0 Å². The van der Waals surface area contributed by atoms with Crippen LogP contribution in [0.5, 0.6) is 0 Å². The summed E-state index contributed by atoms with van der Waals surface area (Å²) in [5, 5.41) is 13.5. The molecule has 1 rings (SSSR count). The predicted molar refractivity (Wildman–Crippen MR) is 107 cm³/mol. The lowest BCUT2D eigenvalue weighted by Gasteiger charge is -2.29. The average molecular weight is 432 g/mol. The van der Waals surface area contributed by atoms with E-state index in [2.05, 4.69) is 10.6 Å². The molecule has 11 nitrogen and oxygen atoms in total. The van der Waals surface area contributed by atoms with Crippen molar-refractivity contribution >= 4 is 41.4 Å². The Kier molecular flexibility index (Phi) is 10.5. The Hall–Kier alpha value is -2.34. The largest absolute Gasteiger partial charge is 0.480 e. The predicted octanol–water partition coefficient (Wildman–Crippen LogP) is -1.99. The summed E-state index contributed by atoms with van der Waals surface area (Å²) in [6, 6.07) is -2.69. The molecule has 1 saturated heterocycles. The van der Waals surface area contributed by atoms with E-state index in [1.807, 2.05) is 6.26 Å². The summed E-state index contributed by atoms with van der Waals surface area (Å²) < 4.78 is 0. The lowest BCUT2D eigenvalue weighted by Crippen LogP contribution is -2.56. The first-order chi connectivity index (χ1) is 13.7. The fourth-order valence-corrected chi connectivity index (χ4v) is 3.47. The van der Waals surface area contributed by atoms with Gasteiger partial charge in [-0.3, -0.25) is 24.0 Å². The highest BCUT2D eigenvalue weighted by molar-refractivity contribution is 7.98. The lowest BCUT2D eigenvalue weighted by molar-refractivity contribution is -0.143. The van der Waals surface area contributed by atoms with Crippen LogP contribution >= 0.6 is 11.8 Å². The number of rotatable bonds is 12. The van der Waals surface area contributed by atoms with Crippen molar-refractivity contribution in [3.8, 4) is 0 Å². The van der Waals surface area contributed by atoms with Crippen LogP contribution in [0.2, 0.25) is 0 Å². The maximum absolute atomic E-state index is 13.0. The van der Waals surface area contributed by atoms with Crippen LogP contribution in [0.1, 0.15) is 32.1 Å². The van der Waals surface area contributed by atoms with Gasteiger partial charge < -0.3 is 32.1 Å². The van der Waals surface area contributed by atoms with Crippen LogP contribution in [-0.4, -0.2) is 82.8 Å². The molecule has 1 heterocycles. The van der Waals surface area contributed by atoms with Crippen LogP contribution in [0, 0.1) is 0 Å². The van der Waals surface area contributed by atoms with Crippen LogP contribution in [0.15, 0.2) is 0 Å². The summed E-state index contributed by atoms with van der Waals surface area (Å²) in [5.74, 6) is -2.76. The van der Waals surface area contributed by atoms with E-state index >= 15 is 0 Å². The molecule has 0 aromatic carbocycles. The molecule has 1 aliphatic rings. The summed E-state index contributed by atoms with van der Waals surface area (Å²) in [6.45, 7) is -0.269. The molecule has 0 radical (unpaired) electrons. The number of amides is 4. The highest BCUT2D eigenvalue weighted by Crippen LogP contribution is 2.20. The van der Waals surface area contributed by atoms with Crippen molar-refractivity contribution in [3.63, 3.8) is 0 Å². The van der Waals surface area contributed by atoms with Crippen LogP contribution < -0.4 is 22.1 Å². The Bertz CT molecular complexity index is 631. The van der Waals surface area contributed by atoms with Gasteiger partial charge in [-0.1, -0.05) is 0 Å². The Morgan fingerprint density at radius 1 is 1.24 bits per heavy atom. The molecule has 0 spiro atoms. The Morgan fingerprint density at radius 3 is 2.52 bits per heavy atom. The quantitative estimate of drug-likeness (QED) is 0.235. The molecule has 0 bridgehead atoms. The van der Waals surface area contributed by atoms with Crippen molar-refractivity contribution < 1.29 is 29.1 Å². The zero-order chi connectivity index (χ0) is 22.0. The fourth-order valence-electron chi connectivity index (χ4n) is 2.98. The van der Waals surface area contributed by atoms with Gasteiger partial charge in [0.25, 0.3) is 0 Å². The minimum absolute atomic E-state index is 0.0187. The van der Waals surface area contributed by atoms with E-state index in [4.69, 9.17) is 16.6 Å². The van der Waals surface area contributed by atoms with E-state index < -0.39 is 54.3 Å². The van der Waals surface area contributed by atoms with E-state index in [-0.39, 0.29) is 19.4 Å². The first kappa shape index (κ1) is 24.7. The molecule has 0 aromatic heterocycles. The monoisotopic (exact) mass is 431 g/mol. The van der Waals surface area contributed by atoms with Gasteiger partial charge in [0.1, 0.15) is 18.6 Å². The second kappa shape index (κ2) is 12.3. The van der Waals surface area contributed by atoms with Gasteiger partial charge in [0.2, 0.25) is 23.6 Å². The van der Waals surface area contributed by atoms with Gasteiger partial charge >= 0.3 is 5.97 Å². The SMILES string of the molecule is CSCCC(N)C(=O)NC(CCC(N)=O)C(=O)N1CCCC1C(=O)NCC(=O)O. The molecule has 164 valence electrons. The first-order valence-corrected chi connectivity index (χ1v) is 10.7. The number of nitrogens with two attached hydrogens (primary N) is 2. The Balaban J connectivity index is 2.85. The number of carboxylic acid groups (broad SMARTS) is 1. The van der Waals surface area contributed by atoms with Gasteiger partial charge in [-0.2, -0.15) is 11.8 Å². The molecule has 7 N–H and O–H groups in total. The summed E-state index contributed by atoms with van der Waals surface area (Å²) in [6.07, 6.45) is 3.09. The molecule has 0 aromatic rings. The molecular weight excluding hydrogens is 402 g/mol. The van der Waals surface area contributed by atoms with Crippen LogP contribution in [0.4, 0.5) is 0 Å². The number of hydrogen-bond acceptors (Lipinski definition) is 7. The third-order valence-corrected chi connectivity index (χ3v) is 5.16. The zero-order valence-corrected chi connectivity index (χ0v) is 17.2. The third-order valence-electron chi connectivity index (χ3n) is 4.52. The van der Waals surface area contributed by atoms with Gasteiger partial charge in [0.05, 0.1) is 6.04 Å². The summed E-state index contributed by atoms with van der Waals surface area (Å²) in [4.78, 5) is 60.7. The number of hydrogen-bond donors (Lipinski definition) is 5. The molecule has 0 saturated carbocycles. The molecule has 3 atom stereocenters. The first-order valence-electron chi connectivity index (χ1n) is 9.30. The second-order valence-electron chi connectivity index (χ2n) is 6.76. The topological polar surface area (TPSA) is 185 Å². The second-order valence-corrected chi connectivity index (χ2v) is 7.74. The number of likely N-dealkylation sites (tertiary alicyclic amines) is 1. The van der Waals surface area contributed by atoms with E-state index in [0.29, 0.717) is 25.0 Å². The summed E-state index contributed by atoms with van der Waals surface area (Å²) in [7, 11) is 0. The standard InChI is InChI=1S/C17H29N5O6S/c1-29-8-6-10(18)15(26)21-11(4-5-13(19)23)17(28)22-7-2-3-12(22)16(27)20-9-14(24)25/h10-12H,2-9,18H2,1H3,(H2,19,23)(H,20,27)(H,21,26)(H,24,25).